The Kier molecular flexibility index (Phi) is 3.02. The Morgan fingerprint density at radius 1 is 1.47 bits per heavy atom. The molecule has 1 saturated heterocycles. The van der Waals surface area contributed by atoms with Gasteiger partial charge in [-0.15, -0.1) is 0 Å². The molecular weight excluding hydrogens is 268 g/mol. The van der Waals surface area contributed by atoms with Gasteiger partial charge in [-0.2, -0.15) is 0 Å². The van der Waals surface area contributed by atoms with Crippen molar-refractivity contribution in [3.05, 3.63) is 29.6 Å². The van der Waals surface area contributed by atoms with Crippen LogP contribution in [0.5, 0.6) is 0 Å². The number of hydrogen-bond donors (Lipinski definition) is 1. The number of fused-ring (bicyclic) bond motifs is 1. The monoisotopic (exact) mass is 280 g/mol. The molecule has 2 aromatic rings. The lowest BCUT2D eigenvalue weighted by Crippen LogP contribution is -2.38. The van der Waals surface area contributed by atoms with Gasteiger partial charge >= 0.3 is 6.09 Å². The van der Waals surface area contributed by atoms with Crippen molar-refractivity contribution in [3.63, 3.8) is 0 Å². The highest BCUT2D eigenvalue weighted by Gasteiger charge is 2.27. The SMILES string of the molecule is O=C(O)N1CCC[C@@H](c2ncc3c(Cl)nccn23)C1. The molecule has 1 amide bonds. The van der Waals surface area contributed by atoms with E-state index in [0.717, 1.165) is 24.2 Å². The van der Waals surface area contributed by atoms with Gasteiger partial charge in [-0.05, 0) is 12.8 Å². The lowest BCUT2D eigenvalue weighted by molar-refractivity contribution is 0.129. The molecule has 6 nitrogen and oxygen atoms in total. The Balaban J connectivity index is 1.96. The van der Waals surface area contributed by atoms with Gasteiger partial charge in [0, 0.05) is 31.4 Å². The first-order valence-corrected chi connectivity index (χ1v) is 6.50. The number of aromatic nitrogens is 3. The van der Waals surface area contributed by atoms with Crippen LogP contribution in [0.1, 0.15) is 24.6 Å². The average molecular weight is 281 g/mol. The quantitative estimate of drug-likeness (QED) is 0.870. The van der Waals surface area contributed by atoms with Crippen molar-refractivity contribution in [2.24, 2.45) is 0 Å². The zero-order chi connectivity index (χ0) is 13.4. The van der Waals surface area contributed by atoms with E-state index >= 15 is 0 Å². The number of halogens is 1. The summed E-state index contributed by atoms with van der Waals surface area (Å²) in [6, 6.07) is 0. The van der Waals surface area contributed by atoms with Crippen LogP contribution in [0, 0.1) is 0 Å². The van der Waals surface area contributed by atoms with Crippen molar-refractivity contribution in [2.75, 3.05) is 13.1 Å². The molecule has 7 heteroatoms. The summed E-state index contributed by atoms with van der Waals surface area (Å²) in [4.78, 5) is 20.9. The number of carbonyl (C=O) groups is 1. The summed E-state index contributed by atoms with van der Waals surface area (Å²) in [5.74, 6) is 0.955. The number of likely N-dealkylation sites (tertiary alicyclic amines) is 1. The minimum absolute atomic E-state index is 0.103. The fraction of sp³-hybridized carbons (Fsp3) is 0.417. The van der Waals surface area contributed by atoms with E-state index in [4.69, 9.17) is 16.7 Å². The third-order valence-electron chi connectivity index (χ3n) is 3.50. The second-order valence-electron chi connectivity index (χ2n) is 4.66. The van der Waals surface area contributed by atoms with Crippen molar-refractivity contribution >= 4 is 23.2 Å². The van der Waals surface area contributed by atoms with Crippen LogP contribution < -0.4 is 0 Å². The number of imidazole rings is 1. The van der Waals surface area contributed by atoms with Crippen molar-refractivity contribution in [2.45, 2.75) is 18.8 Å². The number of hydrogen-bond acceptors (Lipinski definition) is 3. The van der Waals surface area contributed by atoms with Gasteiger partial charge in [-0.25, -0.2) is 14.8 Å². The maximum absolute atomic E-state index is 11.1. The fourth-order valence-corrected chi connectivity index (χ4v) is 2.78. The maximum Gasteiger partial charge on any atom is 0.407 e. The molecule has 3 rings (SSSR count). The molecule has 0 saturated carbocycles. The van der Waals surface area contributed by atoms with Gasteiger partial charge in [0.15, 0.2) is 5.15 Å². The smallest absolute Gasteiger partial charge is 0.407 e. The van der Waals surface area contributed by atoms with E-state index in [1.54, 1.807) is 12.4 Å². The van der Waals surface area contributed by atoms with E-state index in [1.165, 1.54) is 4.90 Å². The molecule has 3 heterocycles. The molecule has 0 aliphatic carbocycles. The largest absolute Gasteiger partial charge is 0.465 e. The molecule has 2 aromatic heterocycles. The van der Waals surface area contributed by atoms with Gasteiger partial charge in [0.1, 0.15) is 11.3 Å². The van der Waals surface area contributed by atoms with Gasteiger partial charge in [-0.1, -0.05) is 11.6 Å². The van der Waals surface area contributed by atoms with Gasteiger partial charge in [-0.3, -0.25) is 4.40 Å². The Bertz CT molecular complexity index is 627. The summed E-state index contributed by atoms with van der Waals surface area (Å²) in [6.07, 6.45) is 6.03. The average Bonchev–Trinajstić information content (AvgIpc) is 2.84. The summed E-state index contributed by atoms with van der Waals surface area (Å²) >= 11 is 6.01. The van der Waals surface area contributed by atoms with Crippen LogP contribution in [0.3, 0.4) is 0 Å². The van der Waals surface area contributed by atoms with E-state index in [1.807, 2.05) is 10.6 Å². The lowest BCUT2D eigenvalue weighted by Gasteiger charge is -2.29. The van der Waals surface area contributed by atoms with E-state index in [-0.39, 0.29) is 5.92 Å². The molecular formula is C12H13ClN4O2. The summed E-state index contributed by atoms with van der Waals surface area (Å²) in [5, 5.41) is 9.49. The maximum atomic E-state index is 11.1. The van der Waals surface area contributed by atoms with Crippen LogP contribution in [0.4, 0.5) is 4.79 Å². The number of nitrogens with zero attached hydrogens (tertiary/aromatic N) is 4. The van der Waals surface area contributed by atoms with E-state index in [0.29, 0.717) is 18.2 Å². The molecule has 0 radical (unpaired) electrons. The number of carboxylic acid groups (broad SMARTS) is 1. The van der Waals surface area contributed by atoms with Gasteiger partial charge < -0.3 is 10.0 Å². The zero-order valence-electron chi connectivity index (χ0n) is 10.2. The van der Waals surface area contributed by atoms with E-state index in [9.17, 15) is 4.79 Å². The zero-order valence-corrected chi connectivity index (χ0v) is 10.9. The summed E-state index contributed by atoms with van der Waals surface area (Å²) in [5.41, 5.74) is 0.756. The molecule has 0 spiro atoms. The Morgan fingerprint density at radius 3 is 3.11 bits per heavy atom. The topological polar surface area (TPSA) is 70.7 Å². The van der Waals surface area contributed by atoms with Crippen LogP contribution in [0.15, 0.2) is 18.6 Å². The third kappa shape index (κ3) is 2.12. The molecule has 1 fully saturated rings. The summed E-state index contributed by atoms with van der Waals surface area (Å²) < 4.78 is 1.89. The first-order valence-electron chi connectivity index (χ1n) is 6.12. The van der Waals surface area contributed by atoms with Crippen LogP contribution in [-0.2, 0) is 0 Å². The predicted molar refractivity (Wildman–Crippen MR) is 69.6 cm³/mol. The normalized spacial score (nSPS) is 19.8. The minimum Gasteiger partial charge on any atom is -0.465 e. The second kappa shape index (κ2) is 4.70. The molecule has 0 aromatic carbocycles. The van der Waals surface area contributed by atoms with Crippen LogP contribution in [0.2, 0.25) is 5.15 Å². The van der Waals surface area contributed by atoms with Crippen molar-refractivity contribution in [1.29, 1.82) is 0 Å². The summed E-state index contributed by atoms with van der Waals surface area (Å²) in [7, 11) is 0. The highest BCUT2D eigenvalue weighted by Crippen LogP contribution is 2.27. The predicted octanol–water partition coefficient (Wildman–Crippen LogP) is 2.24. The minimum atomic E-state index is -0.870. The van der Waals surface area contributed by atoms with Crippen LogP contribution in [0.25, 0.3) is 5.52 Å². The Labute approximate surface area is 114 Å². The number of rotatable bonds is 1. The molecule has 1 atom stereocenters. The fourth-order valence-electron chi connectivity index (χ4n) is 2.58. The van der Waals surface area contributed by atoms with Crippen LogP contribution in [-0.4, -0.2) is 43.6 Å². The molecule has 1 N–H and O–H groups in total. The molecule has 100 valence electrons. The van der Waals surface area contributed by atoms with E-state index in [2.05, 4.69) is 9.97 Å². The molecule has 1 aliphatic rings. The first-order chi connectivity index (χ1) is 9.16. The van der Waals surface area contributed by atoms with Crippen molar-refractivity contribution < 1.29 is 9.90 Å². The lowest BCUT2D eigenvalue weighted by atomic mass is 9.97. The van der Waals surface area contributed by atoms with E-state index < -0.39 is 6.09 Å². The van der Waals surface area contributed by atoms with Gasteiger partial charge in [0.25, 0.3) is 0 Å². The molecule has 0 unspecified atom stereocenters. The molecule has 19 heavy (non-hydrogen) atoms. The second-order valence-corrected chi connectivity index (χ2v) is 5.02. The number of amides is 1. The summed E-state index contributed by atoms with van der Waals surface area (Å²) in [6.45, 7) is 1.08. The molecule has 1 aliphatic heterocycles. The standard InChI is InChI=1S/C12H13ClN4O2/c13-10-9-6-15-11(17(9)5-3-14-10)8-2-1-4-16(7-8)12(18)19/h3,5-6,8H,1-2,4,7H2,(H,18,19)/t8-/m1/s1. The highest BCUT2D eigenvalue weighted by atomic mass is 35.5. The van der Waals surface area contributed by atoms with Gasteiger partial charge in [0.2, 0.25) is 0 Å². The Morgan fingerprint density at radius 2 is 2.32 bits per heavy atom. The first kappa shape index (κ1) is 12.2. The highest BCUT2D eigenvalue weighted by molar-refractivity contribution is 6.32. The van der Waals surface area contributed by atoms with Crippen molar-refractivity contribution in [1.82, 2.24) is 19.3 Å². The number of piperidine rings is 1. The molecule has 0 bridgehead atoms. The third-order valence-corrected chi connectivity index (χ3v) is 3.79. The van der Waals surface area contributed by atoms with Gasteiger partial charge in [0.05, 0.1) is 6.20 Å². The van der Waals surface area contributed by atoms with Crippen molar-refractivity contribution in [3.8, 4) is 0 Å². The van der Waals surface area contributed by atoms with Crippen LogP contribution >= 0.6 is 11.6 Å². The Hall–Kier alpha value is -1.82.